The number of methoxy groups -OCH3 is 1. The number of nitrogens with one attached hydrogen (secondary N) is 2. The molecule has 0 saturated heterocycles. The molecule has 1 aromatic rings. The minimum atomic E-state index is -4.13. The minimum absolute atomic E-state index is 0.0343. The average molecular weight is 402 g/mol. The number of amides is 1. The molecule has 6 nitrogen and oxygen atoms in total. The normalized spacial score (nSPS) is 11.9. The summed E-state index contributed by atoms with van der Waals surface area (Å²) >= 11 is 0. The zero-order valence-corrected chi connectivity index (χ0v) is 16.6. The molecular formula is C19H29F3N4O2. The Morgan fingerprint density at radius 2 is 1.75 bits per heavy atom. The zero-order chi connectivity index (χ0) is 21.0. The van der Waals surface area contributed by atoms with Gasteiger partial charge in [0.25, 0.3) is 0 Å². The van der Waals surface area contributed by atoms with Gasteiger partial charge in [-0.1, -0.05) is 12.1 Å². The monoisotopic (exact) mass is 402 g/mol. The quantitative estimate of drug-likeness (QED) is 0.359. The number of hydrogen-bond acceptors (Lipinski definition) is 3. The minimum Gasteiger partial charge on any atom is -0.497 e. The van der Waals surface area contributed by atoms with E-state index >= 15 is 0 Å². The summed E-state index contributed by atoms with van der Waals surface area (Å²) in [6.07, 6.45) is -3.80. The summed E-state index contributed by atoms with van der Waals surface area (Å²) in [6, 6.07) is 7.66. The Morgan fingerprint density at radius 1 is 1.11 bits per heavy atom. The zero-order valence-electron chi connectivity index (χ0n) is 16.6. The first-order valence-electron chi connectivity index (χ1n) is 9.13. The second-order valence-corrected chi connectivity index (χ2v) is 6.48. The van der Waals surface area contributed by atoms with E-state index < -0.39 is 12.6 Å². The van der Waals surface area contributed by atoms with Crippen molar-refractivity contribution in [1.29, 1.82) is 0 Å². The number of rotatable bonds is 10. The molecule has 158 valence electrons. The Kier molecular flexibility index (Phi) is 10.2. The van der Waals surface area contributed by atoms with Crippen molar-refractivity contribution in [2.45, 2.75) is 31.9 Å². The molecular weight excluding hydrogens is 373 g/mol. The SMILES string of the molecule is COc1ccc(CCNC(=NCC(=O)N(C)C)NCCCCC(F)(F)F)cc1. The molecule has 2 N–H and O–H groups in total. The third-order valence-electron chi connectivity index (χ3n) is 3.92. The summed E-state index contributed by atoms with van der Waals surface area (Å²) in [5.74, 6) is 1.03. The van der Waals surface area contributed by atoms with E-state index in [1.165, 1.54) is 4.90 Å². The highest BCUT2D eigenvalue weighted by molar-refractivity contribution is 5.84. The predicted octanol–water partition coefficient (Wildman–Crippen LogP) is 2.59. The summed E-state index contributed by atoms with van der Waals surface area (Å²) in [5, 5.41) is 6.10. The van der Waals surface area contributed by atoms with Gasteiger partial charge in [-0.15, -0.1) is 0 Å². The lowest BCUT2D eigenvalue weighted by atomic mass is 10.1. The Morgan fingerprint density at radius 3 is 2.32 bits per heavy atom. The van der Waals surface area contributed by atoms with Crippen molar-refractivity contribution in [3.8, 4) is 5.75 Å². The first-order valence-corrected chi connectivity index (χ1v) is 9.13. The van der Waals surface area contributed by atoms with E-state index in [2.05, 4.69) is 15.6 Å². The molecule has 0 atom stereocenters. The molecule has 0 fully saturated rings. The first kappa shape index (κ1) is 23.6. The van der Waals surface area contributed by atoms with Crippen molar-refractivity contribution in [3.63, 3.8) is 0 Å². The summed E-state index contributed by atoms with van der Waals surface area (Å²) in [4.78, 5) is 17.4. The third-order valence-corrected chi connectivity index (χ3v) is 3.92. The molecule has 1 amide bonds. The van der Waals surface area contributed by atoms with Crippen LogP contribution in [0, 0.1) is 0 Å². The van der Waals surface area contributed by atoms with Crippen LogP contribution >= 0.6 is 0 Å². The first-order chi connectivity index (χ1) is 13.2. The molecule has 0 aliphatic heterocycles. The molecule has 0 saturated carbocycles. The maximum Gasteiger partial charge on any atom is 0.389 e. The number of likely N-dealkylation sites (N-methyl/N-ethyl adjacent to an activating group) is 1. The number of hydrogen-bond donors (Lipinski definition) is 2. The van der Waals surface area contributed by atoms with Gasteiger partial charge < -0.3 is 20.3 Å². The van der Waals surface area contributed by atoms with Crippen LogP contribution in [0.1, 0.15) is 24.8 Å². The summed E-state index contributed by atoms with van der Waals surface area (Å²) in [5.41, 5.74) is 1.10. The standard InChI is InChI=1S/C19H29F3N4O2/c1-26(2)17(27)14-25-18(23-12-5-4-11-19(20,21)22)24-13-10-15-6-8-16(28-3)9-7-15/h6-9H,4-5,10-14H2,1-3H3,(H2,23,24,25). The van der Waals surface area contributed by atoms with E-state index in [-0.39, 0.29) is 18.9 Å². The molecule has 9 heteroatoms. The molecule has 0 unspecified atom stereocenters. The highest BCUT2D eigenvalue weighted by Gasteiger charge is 2.25. The Balaban J connectivity index is 2.49. The number of aliphatic imine (C=N–C) groups is 1. The van der Waals surface area contributed by atoms with Crippen LogP contribution in [0.2, 0.25) is 0 Å². The maximum absolute atomic E-state index is 12.2. The third kappa shape index (κ3) is 10.6. The Bertz CT molecular complexity index is 617. The van der Waals surface area contributed by atoms with Crippen molar-refractivity contribution >= 4 is 11.9 Å². The fraction of sp³-hybridized carbons (Fsp3) is 0.579. The van der Waals surface area contributed by atoms with E-state index in [4.69, 9.17) is 4.74 Å². The molecule has 0 aliphatic rings. The van der Waals surface area contributed by atoms with Crippen molar-refractivity contribution in [2.75, 3.05) is 40.8 Å². The Labute approximate surface area is 164 Å². The number of ether oxygens (including phenoxy) is 1. The highest BCUT2D eigenvalue weighted by Crippen LogP contribution is 2.21. The van der Waals surface area contributed by atoms with Gasteiger partial charge in [-0.05, 0) is 37.0 Å². The topological polar surface area (TPSA) is 66.0 Å². The summed E-state index contributed by atoms with van der Waals surface area (Å²) in [7, 11) is 4.88. The molecule has 1 rings (SSSR count). The second kappa shape index (κ2) is 12.1. The fourth-order valence-electron chi connectivity index (χ4n) is 2.24. The van der Waals surface area contributed by atoms with Crippen molar-refractivity contribution in [2.24, 2.45) is 4.99 Å². The highest BCUT2D eigenvalue weighted by atomic mass is 19.4. The number of halogens is 3. The lowest BCUT2D eigenvalue weighted by molar-refractivity contribution is -0.135. The van der Waals surface area contributed by atoms with E-state index in [0.717, 1.165) is 17.7 Å². The van der Waals surface area contributed by atoms with Crippen LogP contribution < -0.4 is 15.4 Å². The van der Waals surface area contributed by atoms with Crippen LogP contribution in [0.25, 0.3) is 0 Å². The Hall–Kier alpha value is -2.45. The van der Waals surface area contributed by atoms with E-state index in [1.807, 2.05) is 24.3 Å². The van der Waals surface area contributed by atoms with Crippen LogP contribution in [-0.2, 0) is 11.2 Å². The van der Waals surface area contributed by atoms with E-state index in [1.54, 1.807) is 21.2 Å². The van der Waals surface area contributed by atoms with Gasteiger partial charge in [0.1, 0.15) is 12.3 Å². The average Bonchev–Trinajstić information content (AvgIpc) is 2.64. The van der Waals surface area contributed by atoms with Gasteiger partial charge in [0.05, 0.1) is 7.11 Å². The van der Waals surface area contributed by atoms with E-state index in [9.17, 15) is 18.0 Å². The summed E-state index contributed by atoms with van der Waals surface area (Å²) in [6.45, 7) is 0.880. The van der Waals surface area contributed by atoms with Gasteiger partial charge in [0, 0.05) is 33.6 Å². The van der Waals surface area contributed by atoms with Gasteiger partial charge in [-0.2, -0.15) is 13.2 Å². The van der Waals surface area contributed by atoms with Gasteiger partial charge in [-0.25, -0.2) is 4.99 Å². The number of guanidine groups is 1. The van der Waals surface area contributed by atoms with Crippen LogP contribution in [-0.4, -0.2) is 63.8 Å². The molecule has 0 aliphatic carbocycles. The molecule has 0 heterocycles. The van der Waals surface area contributed by atoms with Crippen molar-refractivity contribution in [1.82, 2.24) is 15.5 Å². The molecule has 0 spiro atoms. The lowest BCUT2D eigenvalue weighted by Gasteiger charge is -2.14. The molecule has 1 aromatic carbocycles. The number of carbonyl (C=O) groups excluding carboxylic acids is 1. The number of benzene rings is 1. The number of unbranched alkanes of at least 4 members (excludes halogenated alkanes) is 1. The fourth-order valence-corrected chi connectivity index (χ4v) is 2.24. The van der Waals surface area contributed by atoms with Gasteiger partial charge in [0.2, 0.25) is 5.91 Å². The van der Waals surface area contributed by atoms with E-state index in [0.29, 0.717) is 25.5 Å². The van der Waals surface area contributed by atoms with Crippen molar-refractivity contribution in [3.05, 3.63) is 29.8 Å². The second-order valence-electron chi connectivity index (χ2n) is 6.48. The predicted molar refractivity (Wildman–Crippen MR) is 104 cm³/mol. The van der Waals surface area contributed by atoms with Gasteiger partial charge in [-0.3, -0.25) is 4.79 Å². The number of nitrogens with zero attached hydrogens (tertiary/aromatic N) is 2. The summed E-state index contributed by atoms with van der Waals surface area (Å²) < 4.78 is 41.7. The van der Waals surface area contributed by atoms with Crippen LogP contribution in [0.15, 0.2) is 29.3 Å². The lowest BCUT2D eigenvalue weighted by Crippen LogP contribution is -2.40. The van der Waals surface area contributed by atoms with Gasteiger partial charge in [0.15, 0.2) is 5.96 Å². The maximum atomic E-state index is 12.2. The van der Waals surface area contributed by atoms with Gasteiger partial charge >= 0.3 is 6.18 Å². The van der Waals surface area contributed by atoms with Crippen LogP contribution in [0.3, 0.4) is 0 Å². The number of alkyl halides is 3. The van der Waals surface area contributed by atoms with Crippen LogP contribution in [0.5, 0.6) is 5.75 Å². The molecule has 0 aromatic heterocycles. The molecule has 0 radical (unpaired) electrons. The van der Waals surface area contributed by atoms with Crippen LogP contribution in [0.4, 0.5) is 13.2 Å². The smallest absolute Gasteiger partial charge is 0.389 e. The number of carbonyl (C=O) groups is 1. The molecule has 28 heavy (non-hydrogen) atoms. The largest absolute Gasteiger partial charge is 0.497 e. The molecule has 0 bridgehead atoms. The van der Waals surface area contributed by atoms with Crippen molar-refractivity contribution < 1.29 is 22.7 Å².